The molecule has 20 heavy (non-hydrogen) atoms. The van der Waals surface area contributed by atoms with Gasteiger partial charge in [0.1, 0.15) is 5.82 Å². The molecule has 0 saturated carbocycles. The fourth-order valence-corrected chi connectivity index (χ4v) is 2.94. The van der Waals surface area contributed by atoms with Gasteiger partial charge in [-0.3, -0.25) is 0 Å². The van der Waals surface area contributed by atoms with Gasteiger partial charge in [0.2, 0.25) is 10.0 Å². The highest BCUT2D eigenvalue weighted by Crippen LogP contribution is 2.14. The summed E-state index contributed by atoms with van der Waals surface area (Å²) in [4.78, 5) is -0.0996. The first-order chi connectivity index (χ1) is 9.51. The lowest BCUT2D eigenvalue weighted by atomic mass is 10.2. The Balaban J connectivity index is 2.83. The average molecular weight is 316 g/mol. The molecule has 1 aromatic carbocycles. The van der Waals surface area contributed by atoms with Crippen LogP contribution in [0.3, 0.4) is 0 Å². The van der Waals surface area contributed by atoms with Crippen LogP contribution in [0.15, 0.2) is 23.1 Å². The average Bonchev–Trinajstić information content (AvgIpc) is 2.42. The van der Waals surface area contributed by atoms with E-state index in [9.17, 15) is 12.8 Å². The molecular formula is C13H17FN2O2S2. The van der Waals surface area contributed by atoms with Crippen LogP contribution in [-0.4, -0.2) is 33.5 Å². The van der Waals surface area contributed by atoms with Crippen LogP contribution in [0, 0.1) is 17.7 Å². The van der Waals surface area contributed by atoms with Crippen molar-refractivity contribution in [2.45, 2.75) is 11.3 Å². The Hall–Kier alpha value is -1.07. The Morgan fingerprint density at radius 2 is 2.20 bits per heavy atom. The number of nitrogens with one attached hydrogen (secondary N) is 1. The van der Waals surface area contributed by atoms with Crippen molar-refractivity contribution in [3.8, 4) is 11.8 Å². The maximum Gasteiger partial charge on any atom is 0.240 e. The Morgan fingerprint density at radius 3 is 2.80 bits per heavy atom. The number of rotatable bonds is 6. The van der Waals surface area contributed by atoms with E-state index in [1.165, 1.54) is 12.1 Å². The summed E-state index contributed by atoms with van der Waals surface area (Å²) in [6.45, 7) is 0.454. The molecule has 0 radical (unpaired) electrons. The van der Waals surface area contributed by atoms with Gasteiger partial charge in [-0.05, 0) is 36.6 Å². The molecule has 0 spiro atoms. The van der Waals surface area contributed by atoms with Crippen molar-refractivity contribution in [1.29, 1.82) is 0 Å². The molecule has 0 unspecified atom stereocenters. The smallest absolute Gasteiger partial charge is 0.240 e. The largest absolute Gasteiger partial charge is 0.320 e. The summed E-state index contributed by atoms with van der Waals surface area (Å²) in [7, 11) is -3.67. The number of hydrogen-bond acceptors (Lipinski definition) is 4. The molecule has 0 aliphatic heterocycles. The number of hydrogen-bond donors (Lipinski definition) is 2. The van der Waals surface area contributed by atoms with Crippen molar-refractivity contribution >= 4 is 21.8 Å². The Labute approximate surface area is 123 Å². The molecule has 0 amide bonds. The molecule has 0 saturated heterocycles. The van der Waals surface area contributed by atoms with Gasteiger partial charge in [-0.1, -0.05) is 11.8 Å². The molecular weight excluding hydrogens is 299 g/mol. The summed E-state index contributed by atoms with van der Waals surface area (Å²) >= 11 is 1.64. The fraction of sp³-hybridized carbons (Fsp3) is 0.385. The van der Waals surface area contributed by atoms with Crippen LogP contribution in [0.25, 0.3) is 0 Å². The monoisotopic (exact) mass is 316 g/mol. The van der Waals surface area contributed by atoms with E-state index in [1.807, 2.05) is 6.26 Å². The molecule has 0 heterocycles. The second-order valence-electron chi connectivity index (χ2n) is 3.89. The summed E-state index contributed by atoms with van der Waals surface area (Å²) in [6, 6.07) is 3.65. The van der Waals surface area contributed by atoms with E-state index in [4.69, 9.17) is 5.73 Å². The minimum atomic E-state index is -3.67. The third-order valence-electron chi connectivity index (χ3n) is 2.39. The topological polar surface area (TPSA) is 72.2 Å². The van der Waals surface area contributed by atoms with Gasteiger partial charge >= 0.3 is 0 Å². The molecule has 110 valence electrons. The van der Waals surface area contributed by atoms with Crippen molar-refractivity contribution in [3.63, 3.8) is 0 Å². The van der Waals surface area contributed by atoms with Gasteiger partial charge in [0, 0.05) is 6.54 Å². The molecule has 0 aliphatic rings. The third kappa shape index (κ3) is 5.13. The van der Waals surface area contributed by atoms with E-state index >= 15 is 0 Å². The lowest BCUT2D eigenvalue weighted by Gasteiger charge is -2.07. The maximum absolute atomic E-state index is 13.7. The van der Waals surface area contributed by atoms with Crippen LogP contribution in [0.4, 0.5) is 4.39 Å². The van der Waals surface area contributed by atoms with E-state index in [1.54, 1.807) is 11.8 Å². The summed E-state index contributed by atoms with van der Waals surface area (Å²) < 4.78 is 40.0. The molecule has 0 fully saturated rings. The van der Waals surface area contributed by atoms with Gasteiger partial charge in [0.25, 0.3) is 0 Å². The molecule has 0 aromatic heterocycles. The van der Waals surface area contributed by atoms with Crippen molar-refractivity contribution < 1.29 is 12.8 Å². The number of nitrogens with two attached hydrogens (primary N) is 1. The first-order valence-electron chi connectivity index (χ1n) is 5.98. The number of thioether (sulfide) groups is 1. The van der Waals surface area contributed by atoms with Crippen molar-refractivity contribution in [3.05, 3.63) is 29.6 Å². The van der Waals surface area contributed by atoms with Crippen LogP contribution in [0.5, 0.6) is 0 Å². The van der Waals surface area contributed by atoms with Crippen molar-refractivity contribution in [1.82, 2.24) is 4.72 Å². The first-order valence-corrected chi connectivity index (χ1v) is 8.86. The Morgan fingerprint density at radius 1 is 1.45 bits per heavy atom. The maximum atomic E-state index is 13.7. The van der Waals surface area contributed by atoms with Gasteiger partial charge in [-0.25, -0.2) is 17.5 Å². The summed E-state index contributed by atoms with van der Waals surface area (Å²) in [5, 5.41) is 0. The van der Waals surface area contributed by atoms with E-state index in [2.05, 4.69) is 16.6 Å². The van der Waals surface area contributed by atoms with Gasteiger partial charge < -0.3 is 5.73 Å². The molecule has 0 aliphatic carbocycles. The van der Waals surface area contributed by atoms with E-state index in [0.29, 0.717) is 6.54 Å². The summed E-state index contributed by atoms with van der Waals surface area (Å²) in [5.41, 5.74) is 5.34. The molecule has 1 rings (SSSR count). The zero-order chi connectivity index (χ0) is 15.0. The minimum absolute atomic E-state index is 0.0996. The fourth-order valence-electron chi connectivity index (χ4n) is 1.42. The van der Waals surface area contributed by atoms with Crippen molar-refractivity contribution in [2.75, 3.05) is 25.1 Å². The van der Waals surface area contributed by atoms with Crippen LogP contribution in [0.1, 0.15) is 12.0 Å². The normalized spacial score (nSPS) is 10.9. The lowest BCUT2D eigenvalue weighted by molar-refractivity contribution is 0.577. The highest BCUT2D eigenvalue weighted by atomic mass is 32.2. The first kappa shape index (κ1) is 17.0. The molecule has 0 bridgehead atoms. The lowest BCUT2D eigenvalue weighted by Crippen LogP contribution is -2.25. The molecule has 1 aromatic rings. The third-order valence-corrected chi connectivity index (χ3v) is 4.55. The highest BCUT2D eigenvalue weighted by molar-refractivity contribution is 7.98. The van der Waals surface area contributed by atoms with Crippen LogP contribution in [0.2, 0.25) is 0 Å². The van der Waals surface area contributed by atoms with Gasteiger partial charge in [0.05, 0.1) is 17.0 Å². The summed E-state index contributed by atoms with van der Waals surface area (Å²) in [6.07, 6.45) is 2.67. The SMILES string of the molecule is CSCCCNS(=O)(=O)c1ccc(C#CCN)c(F)c1. The predicted octanol–water partition coefficient (Wildman–Crippen LogP) is 1.17. The number of sulfonamides is 1. The predicted molar refractivity (Wildman–Crippen MR) is 80.5 cm³/mol. The molecule has 0 atom stereocenters. The molecule has 3 N–H and O–H groups in total. The minimum Gasteiger partial charge on any atom is -0.320 e. The van der Waals surface area contributed by atoms with Gasteiger partial charge in [-0.2, -0.15) is 11.8 Å². The van der Waals surface area contributed by atoms with Crippen LogP contribution in [-0.2, 0) is 10.0 Å². The number of benzene rings is 1. The zero-order valence-electron chi connectivity index (χ0n) is 11.1. The second-order valence-corrected chi connectivity index (χ2v) is 6.64. The highest BCUT2D eigenvalue weighted by Gasteiger charge is 2.15. The van der Waals surface area contributed by atoms with Crippen LogP contribution >= 0.6 is 11.8 Å². The second kappa shape index (κ2) is 8.27. The molecule has 4 nitrogen and oxygen atoms in total. The summed E-state index contributed by atoms with van der Waals surface area (Å²) in [5.74, 6) is 5.26. The number of halogens is 1. The zero-order valence-corrected chi connectivity index (χ0v) is 12.8. The van der Waals surface area contributed by atoms with Crippen LogP contribution < -0.4 is 10.5 Å². The standard InChI is InChI=1S/C13H17FN2O2S2/c1-19-9-3-8-16-20(17,18)12-6-5-11(4-2-7-15)13(14)10-12/h5-6,10,16H,3,7-9,15H2,1H3. The van der Waals surface area contributed by atoms with Crippen molar-refractivity contribution in [2.24, 2.45) is 5.73 Å². The van der Waals surface area contributed by atoms with Gasteiger partial charge in [0.15, 0.2) is 0 Å². The van der Waals surface area contributed by atoms with E-state index in [0.717, 1.165) is 18.2 Å². The van der Waals surface area contributed by atoms with Gasteiger partial charge in [-0.15, -0.1) is 0 Å². The quantitative estimate of drug-likeness (QED) is 0.610. The van der Waals surface area contributed by atoms with E-state index < -0.39 is 15.8 Å². The Bertz CT molecular complexity index is 607. The van der Waals surface area contributed by atoms with E-state index in [-0.39, 0.29) is 17.0 Å². The molecule has 7 heteroatoms. The Kier molecular flexibility index (Phi) is 7.02.